The second-order valence-corrected chi connectivity index (χ2v) is 4.76. The third kappa shape index (κ3) is 1.73. The summed E-state index contributed by atoms with van der Waals surface area (Å²) in [4.78, 5) is 0. The van der Waals surface area contributed by atoms with Gasteiger partial charge in [0.1, 0.15) is 0 Å². The molecule has 0 heterocycles. The van der Waals surface area contributed by atoms with E-state index in [2.05, 4.69) is 35.0 Å². The summed E-state index contributed by atoms with van der Waals surface area (Å²) in [7, 11) is 0. The molecular weight excluding hydrogens is 240 g/mol. The van der Waals surface area contributed by atoms with Crippen LogP contribution in [0.3, 0.4) is 0 Å². The summed E-state index contributed by atoms with van der Waals surface area (Å²) in [6, 6.07) is 4.33. The molecule has 14 heavy (non-hydrogen) atoms. The number of aliphatic hydroxyl groups is 1. The van der Waals surface area contributed by atoms with Crippen LogP contribution in [0.15, 0.2) is 16.6 Å². The summed E-state index contributed by atoms with van der Waals surface area (Å²) in [6.07, 6.45) is 3.88. The van der Waals surface area contributed by atoms with Crippen LogP contribution in [0.4, 0.5) is 0 Å². The summed E-state index contributed by atoms with van der Waals surface area (Å²) in [5.74, 6) is 0. The van der Waals surface area contributed by atoms with Crippen LogP contribution in [0.5, 0.6) is 0 Å². The molecule has 0 spiro atoms. The average Bonchev–Trinajstić information content (AvgIpc) is 2.19. The Morgan fingerprint density at radius 1 is 1.50 bits per heavy atom. The SMILES string of the molecule is CCc1cc(Br)c2c(c1)[C@H](O)CCC2. The zero-order valence-electron chi connectivity index (χ0n) is 8.39. The van der Waals surface area contributed by atoms with Gasteiger partial charge in [0.2, 0.25) is 0 Å². The first-order valence-corrected chi connectivity index (χ1v) is 6.01. The summed E-state index contributed by atoms with van der Waals surface area (Å²) < 4.78 is 1.17. The van der Waals surface area contributed by atoms with Gasteiger partial charge in [0.05, 0.1) is 6.10 Å². The highest BCUT2D eigenvalue weighted by Gasteiger charge is 2.20. The maximum absolute atomic E-state index is 9.88. The van der Waals surface area contributed by atoms with Crippen molar-refractivity contribution in [1.82, 2.24) is 0 Å². The molecule has 0 unspecified atom stereocenters. The molecular formula is C12H15BrO. The molecule has 2 heteroatoms. The second kappa shape index (κ2) is 4.03. The lowest BCUT2D eigenvalue weighted by Crippen LogP contribution is -2.10. The molecule has 1 nitrogen and oxygen atoms in total. The lowest BCUT2D eigenvalue weighted by Gasteiger charge is -2.23. The van der Waals surface area contributed by atoms with Gasteiger partial charge in [-0.3, -0.25) is 0 Å². The molecule has 0 fully saturated rings. The van der Waals surface area contributed by atoms with Crippen molar-refractivity contribution in [3.63, 3.8) is 0 Å². The van der Waals surface area contributed by atoms with Gasteiger partial charge in [-0.15, -0.1) is 0 Å². The van der Waals surface area contributed by atoms with Crippen LogP contribution in [-0.4, -0.2) is 5.11 Å². The van der Waals surface area contributed by atoms with Crippen molar-refractivity contribution < 1.29 is 5.11 Å². The molecule has 0 aliphatic heterocycles. The Hall–Kier alpha value is -0.340. The van der Waals surface area contributed by atoms with Crippen molar-refractivity contribution in [2.24, 2.45) is 0 Å². The van der Waals surface area contributed by atoms with Gasteiger partial charge in [0, 0.05) is 4.47 Å². The van der Waals surface area contributed by atoms with Crippen molar-refractivity contribution in [3.05, 3.63) is 33.3 Å². The topological polar surface area (TPSA) is 20.2 Å². The molecule has 0 radical (unpaired) electrons. The first-order valence-electron chi connectivity index (χ1n) is 5.21. The van der Waals surface area contributed by atoms with Crippen LogP contribution in [0.1, 0.15) is 42.6 Å². The Bertz CT molecular complexity index is 346. The average molecular weight is 255 g/mol. The third-order valence-corrected chi connectivity index (χ3v) is 3.67. The van der Waals surface area contributed by atoms with E-state index in [1.165, 1.54) is 15.6 Å². The van der Waals surface area contributed by atoms with Gasteiger partial charge in [-0.25, -0.2) is 0 Å². The van der Waals surface area contributed by atoms with Gasteiger partial charge in [0.15, 0.2) is 0 Å². The number of hydrogen-bond acceptors (Lipinski definition) is 1. The Balaban J connectivity index is 2.51. The molecule has 1 aliphatic rings. The second-order valence-electron chi connectivity index (χ2n) is 3.91. The molecule has 76 valence electrons. The molecule has 0 saturated heterocycles. The summed E-state index contributed by atoms with van der Waals surface area (Å²) in [5.41, 5.74) is 3.75. The fourth-order valence-electron chi connectivity index (χ4n) is 2.11. The van der Waals surface area contributed by atoms with Gasteiger partial charge in [0.25, 0.3) is 0 Å². The van der Waals surface area contributed by atoms with E-state index in [0.717, 1.165) is 31.2 Å². The van der Waals surface area contributed by atoms with E-state index in [1.54, 1.807) is 0 Å². The number of aliphatic hydroxyl groups excluding tert-OH is 1. The van der Waals surface area contributed by atoms with Gasteiger partial charge in [-0.05, 0) is 48.4 Å². The minimum Gasteiger partial charge on any atom is -0.388 e. The van der Waals surface area contributed by atoms with Crippen molar-refractivity contribution >= 4 is 15.9 Å². The molecule has 0 amide bonds. The van der Waals surface area contributed by atoms with Gasteiger partial charge < -0.3 is 5.11 Å². The fourth-order valence-corrected chi connectivity index (χ4v) is 2.83. The highest BCUT2D eigenvalue weighted by molar-refractivity contribution is 9.10. The zero-order chi connectivity index (χ0) is 10.1. The molecule has 0 saturated carbocycles. The molecule has 0 bridgehead atoms. The monoisotopic (exact) mass is 254 g/mol. The van der Waals surface area contributed by atoms with Gasteiger partial charge in [-0.2, -0.15) is 0 Å². The number of hydrogen-bond donors (Lipinski definition) is 1. The van der Waals surface area contributed by atoms with Crippen LogP contribution in [0.2, 0.25) is 0 Å². The Kier molecular flexibility index (Phi) is 2.93. The van der Waals surface area contributed by atoms with Crippen molar-refractivity contribution in [2.75, 3.05) is 0 Å². The quantitative estimate of drug-likeness (QED) is 0.815. The number of halogens is 1. The molecule has 1 aromatic rings. The van der Waals surface area contributed by atoms with E-state index in [0.29, 0.717) is 0 Å². The first kappa shape index (κ1) is 10.2. The Morgan fingerprint density at radius 2 is 2.29 bits per heavy atom. The Labute approximate surface area is 93.3 Å². The molecule has 1 aromatic carbocycles. The highest BCUT2D eigenvalue weighted by atomic mass is 79.9. The summed E-state index contributed by atoms with van der Waals surface area (Å²) in [6.45, 7) is 2.14. The third-order valence-electron chi connectivity index (χ3n) is 2.96. The predicted molar refractivity (Wildman–Crippen MR) is 61.4 cm³/mol. The lowest BCUT2D eigenvalue weighted by atomic mass is 9.88. The number of fused-ring (bicyclic) bond motifs is 1. The lowest BCUT2D eigenvalue weighted by molar-refractivity contribution is 0.156. The molecule has 1 N–H and O–H groups in total. The van der Waals surface area contributed by atoms with E-state index >= 15 is 0 Å². The van der Waals surface area contributed by atoms with E-state index in [4.69, 9.17) is 0 Å². The maximum atomic E-state index is 9.88. The number of rotatable bonds is 1. The molecule has 1 aliphatic carbocycles. The number of benzene rings is 1. The predicted octanol–water partition coefficient (Wildman–Crippen LogP) is 3.38. The zero-order valence-corrected chi connectivity index (χ0v) is 9.97. The van der Waals surface area contributed by atoms with E-state index in [9.17, 15) is 5.11 Å². The van der Waals surface area contributed by atoms with Crippen LogP contribution in [0, 0.1) is 0 Å². The first-order chi connectivity index (χ1) is 6.72. The summed E-state index contributed by atoms with van der Waals surface area (Å²) in [5, 5.41) is 9.88. The minimum absolute atomic E-state index is 0.249. The smallest absolute Gasteiger partial charge is 0.0793 e. The standard InChI is InChI=1S/C12H15BrO/c1-2-8-6-10-9(11(13)7-8)4-3-5-12(10)14/h6-7,12,14H,2-5H2,1H3/t12-/m1/s1. The molecule has 2 rings (SSSR count). The summed E-state index contributed by atoms with van der Waals surface area (Å²) >= 11 is 3.59. The van der Waals surface area contributed by atoms with Crippen LogP contribution in [0.25, 0.3) is 0 Å². The largest absolute Gasteiger partial charge is 0.388 e. The van der Waals surface area contributed by atoms with Crippen molar-refractivity contribution in [3.8, 4) is 0 Å². The van der Waals surface area contributed by atoms with Crippen molar-refractivity contribution in [2.45, 2.75) is 38.7 Å². The van der Waals surface area contributed by atoms with Crippen LogP contribution < -0.4 is 0 Å². The molecule has 0 aromatic heterocycles. The Morgan fingerprint density at radius 3 is 3.00 bits per heavy atom. The van der Waals surface area contributed by atoms with Crippen LogP contribution in [-0.2, 0) is 12.8 Å². The van der Waals surface area contributed by atoms with E-state index < -0.39 is 0 Å². The highest BCUT2D eigenvalue weighted by Crippen LogP contribution is 2.35. The van der Waals surface area contributed by atoms with E-state index in [-0.39, 0.29) is 6.10 Å². The van der Waals surface area contributed by atoms with E-state index in [1.807, 2.05) is 0 Å². The van der Waals surface area contributed by atoms with Gasteiger partial charge >= 0.3 is 0 Å². The maximum Gasteiger partial charge on any atom is 0.0793 e. The number of aryl methyl sites for hydroxylation is 1. The fraction of sp³-hybridized carbons (Fsp3) is 0.500. The molecule has 1 atom stereocenters. The van der Waals surface area contributed by atoms with Gasteiger partial charge in [-0.1, -0.05) is 28.9 Å². The van der Waals surface area contributed by atoms with Crippen molar-refractivity contribution in [1.29, 1.82) is 0 Å². The van der Waals surface area contributed by atoms with Crippen LogP contribution >= 0.6 is 15.9 Å². The normalized spacial score (nSPS) is 20.6. The minimum atomic E-state index is -0.249.